The topological polar surface area (TPSA) is 144 Å². The van der Waals surface area contributed by atoms with Gasteiger partial charge in [0.2, 0.25) is 17.7 Å². The molecule has 1 aromatic heterocycles. The molecule has 1 aliphatic carbocycles. The third-order valence-electron chi connectivity index (χ3n) is 13.7. The number of carbonyl (C=O) groups is 4. The summed E-state index contributed by atoms with van der Waals surface area (Å²) in [6.45, 7) is 6.46. The number of likely N-dealkylation sites (tertiary alicyclic amines) is 1. The number of benzene rings is 3. The Balaban J connectivity index is 0.950. The lowest BCUT2D eigenvalue weighted by Gasteiger charge is -2.38. The van der Waals surface area contributed by atoms with E-state index in [-0.39, 0.29) is 65.6 Å². The van der Waals surface area contributed by atoms with Gasteiger partial charge in [0.15, 0.2) is 0 Å². The van der Waals surface area contributed by atoms with Crippen LogP contribution in [0.25, 0.3) is 10.1 Å². The zero-order valence-electron chi connectivity index (χ0n) is 36.4. The molecule has 1 saturated carbocycles. The van der Waals surface area contributed by atoms with Crippen molar-refractivity contribution in [3.05, 3.63) is 94.9 Å². The molecule has 3 aliphatic heterocycles. The lowest BCUT2D eigenvalue weighted by molar-refractivity contribution is -0.149. The van der Waals surface area contributed by atoms with Crippen molar-refractivity contribution >= 4 is 52.6 Å². The van der Waals surface area contributed by atoms with Gasteiger partial charge < -0.3 is 29.1 Å². The molecule has 12 nitrogen and oxygen atoms in total. The predicted octanol–water partition coefficient (Wildman–Crippen LogP) is 9.16. The van der Waals surface area contributed by atoms with Gasteiger partial charge in [0.25, 0.3) is 5.91 Å². The summed E-state index contributed by atoms with van der Waals surface area (Å²) in [6, 6.07) is 21.0. The second-order valence-electron chi connectivity index (χ2n) is 17.7. The number of methoxy groups -OCH3 is 1. The fourth-order valence-corrected chi connectivity index (χ4v) is 12.9. The van der Waals surface area contributed by atoms with Gasteiger partial charge >= 0.3 is 13.5 Å². The monoisotopic (exact) mass is 900 g/mol. The van der Waals surface area contributed by atoms with Gasteiger partial charge in [0.1, 0.15) is 23.6 Å². The van der Waals surface area contributed by atoms with Gasteiger partial charge in [-0.05, 0) is 117 Å². The summed E-state index contributed by atoms with van der Waals surface area (Å²) in [4.78, 5) is 59.9. The van der Waals surface area contributed by atoms with Crippen molar-refractivity contribution in [2.24, 2.45) is 11.8 Å². The predicted molar refractivity (Wildman–Crippen MR) is 241 cm³/mol. The maximum absolute atomic E-state index is 16.6. The van der Waals surface area contributed by atoms with Crippen LogP contribution >= 0.6 is 18.9 Å². The van der Waals surface area contributed by atoms with Gasteiger partial charge in [-0.3, -0.25) is 23.7 Å². The normalized spacial score (nSPS) is 24.8. The van der Waals surface area contributed by atoms with E-state index < -0.39 is 37.4 Å². The number of esters is 1. The van der Waals surface area contributed by atoms with Crippen molar-refractivity contribution in [1.82, 2.24) is 20.2 Å². The van der Waals surface area contributed by atoms with Gasteiger partial charge in [-0.1, -0.05) is 63.1 Å². The second kappa shape index (κ2) is 18.7. The number of thiophene rings is 1. The Morgan fingerprint density at radius 1 is 0.968 bits per heavy atom. The highest BCUT2D eigenvalue weighted by molar-refractivity contribution is 7.57. The zero-order valence-corrected chi connectivity index (χ0v) is 38.1. The standard InChI is InChI=1S/C48H58FN4O8PS/c1-5-24-60-47(57)31(3)51-62(58,61-37-15-7-6-8-16-37)43(49)33-18-21-41-35(25-33)27-42(63-41)44(54)50-28-34-12-9-10-14-36-19-20-40(53(36)45(34)55)46(56)52-29-39(30(2)48(52)22-23-48)32-13-11-17-38(26-32)59-4/h6-8,11,13,15-18,21,25-27,30-31,34,36,39-40,43H,5,9-10,12,14,19-20,22-24,28-29H2,1-4H3,(H,50,54)(H,51,58)/t30-,31+,34?,36+,39+,40+,43-,62?/m1/s1. The van der Waals surface area contributed by atoms with E-state index in [9.17, 15) is 23.7 Å². The number of carbonyl (C=O) groups excluding carboxylic acids is 4. The first-order valence-corrected chi connectivity index (χ1v) is 24.9. The van der Waals surface area contributed by atoms with Gasteiger partial charge in [-0.15, -0.1) is 11.3 Å². The number of nitrogens with one attached hydrogen (secondary N) is 2. The minimum atomic E-state index is -4.43. The van der Waals surface area contributed by atoms with E-state index in [2.05, 4.69) is 34.4 Å². The Kier molecular flexibility index (Phi) is 13.3. The van der Waals surface area contributed by atoms with Crippen molar-refractivity contribution in [2.75, 3.05) is 26.8 Å². The lowest BCUT2D eigenvalue weighted by Crippen LogP contribution is -2.55. The van der Waals surface area contributed by atoms with Crippen molar-refractivity contribution < 1.29 is 42.1 Å². The Labute approximate surface area is 372 Å². The number of rotatable bonds is 15. The van der Waals surface area contributed by atoms with Crippen LogP contribution in [0.4, 0.5) is 4.39 Å². The van der Waals surface area contributed by atoms with E-state index in [0.717, 1.165) is 44.3 Å². The van der Waals surface area contributed by atoms with Crippen molar-refractivity contribution in [3.8, 4) is 11.5 Å². The van der Waals surface area contributed by atoms with Crippen molar-refractivity contribution in [1.29, 1.82) is 0 Å². The highest BCUT2D eigenvalue weighted by Gasteiger charge is 2.62. The molecular weight excluding hydrogens is 843 g/mol. The van der Waals surface area contributed by atoms with Crippen LogP contribution in [0, 0.1) is 11.8 Å². The van der Waals surface area contributed by atoms with E-state index >= 15 is 4.39 Å². The number of hydrogen-bond acceptors (Lipinski definition) is 9. The molecule has 3 amide bonds. The first kappa shape index (κ1) is 44.8. The number of alkyl halides is 1. The van der Waals surface area contributed by atoms with E-state index in [0.29, 0.717) is 40.8 Å². The van der Waals surface area contributed by atoms with Crippen LogP contribution in [0.1, 0.15) is 111 Å². The van der Waals surface area contributed by atoms with Gasteiger partial charge in [-0.2, -0.15) is 0 Å². The molecule has 2 N–H and O–H groups in total. The lowest BCUT2D eigenvalue weighted by atomic mass is 9.85. The van der Waals surface area contributed by atoms with Crippen LogP contribution in [0.2, 0.25) is 0 Å². The molecule has 15 heteroatoms. The van der Waals surface area contributed by atoms with Crippen molar-refractivity contribution in [2.45, 2.75) is 114 Å². The number of para-hydroxylation sites is 1. The molecule has 1 spiro atoms. The van der Waals surface area contributed by atoms with E-state index in [1.54, 1.807) is 49.6 Å². The van der Waals surface area contributed by atoms with Crippen LogP contribution in [0.15, 0.2) is 78.9 Å². The fraction of sp³-hybridized carbons (Fsp3) is 0.500. The quantitative estimate of drug-likeness (QED) is 0.0882. The molecule has 8 rings (SSSR count). The van der Waals surface area contributed by atoms with Crippen LogP contribution in [0.5, 0.6) is 11.5 Å². The summed E-state index contributed by atoms with van der Waals surface area (Å²) in [5.41, 5.74) is 1.03. The molecule has 0 bridgehead atoms. The number of ether oxygens (including phenoxy) is 2. The molecule has 336 valence electrons. The summed E-state index contributed by atoms with van der Waals surface area (Å²) < 4.78 is 48.1. The smallest absolute Gasteiger partial charge is 0.355 e. The average molecular weight is 901 g/mol. The van der Waals surface area contributed by atoms with Crippen LogP contribution in [-0.4, -0.2) is 84.0 Å². The first-order valence-electron chi connectivity index (χ1n) is 22.4. The maximum Gasteiger partial charge on any atom is 0.355 e. The van der Waals surface area contributed by atoms with Crippen molar-refractivity contribution in [3.63, 3.8) is 0 Å². The Hall–Kier alpha value is -4.78. The molecular formula is C48H58FN4O8PS. The molecule has 4 aromatic rings. The summed E-state index contributed by atoms with van der Waals surface area (Å²) >= 11 is 1.23. The highest BCUT2D eigenvalue weighted by atomic mass is 32.1. The third-order valence-corrected chi connectivity index (χ3v) is 16.9. The van der Waals surface area contributed by atoms with E-state index in [4.69, 9.17) is 14.0 Å². The number of amides is 3. The summed E-state index contributed by atoms with van der Waals surface area (Å²) in [5.74, 6) is -2.30. The molecule has 8 atom stereocenters. The molecule has 3 aromatic carbocycles. The Morgan fingerprint density at radius 3 is 2.48 bits per heavy atom. The molecule has 4 aliphatic rings. The summed E-state index contributed by atoms with van der Waals surface area (Å²) in [6.07, 6.45) is 7.20. The third kappa shape index (κ3) is 9.13. The SMILES string of the molecule is CCCOC(=O)[C@H](C)NP(=O)(Oc1ccccc1)[C@@H](F)c1ccc2sc(C(=O)NCC3CCCC[C@H]4CC[C@@H](C(=O)N5C[C@H](c6cccc(OC)c6)[C@@H](C)C56CC6)N4C3=O)cc2c1. The molecule has 63 heavy (non-hydrogen) atoms. The molecule has 0 radical (unpaired) electrons. The van der Waals surface area contributed by atoms with Gasteiger partial charge in [-0.25, -0.2) is 9.48 Å². The second-order valence-corrected chi connectivity index (χ2v) is 20.8. The molecule has 4 fully saturated rings. The first-order chi connectivity index (χ1) is 30.4. The van der Waals surface area contributed by atoms with Crippen LogP contribution in [-0.2, 0) is 23.7 Å². The molecule has 4 heterocycles. The van der Waals surface area contributed by atoms with Gasteiger partial charge in [0, 0.05) is 35.3 Å². The molecule has 2 unspecified atom stereocenters. The zero-order chi connectivity index (χ0) is 44.5. The van der Waals surface area contributed by atoms with Gasteiger partial charge in [0.05, 0.1) is 24.5 Å². The molecule has 3 saturated heterocycles. The number of hydrogen-bond donors (Lipinski definition) is 2. The minimum Gasteiger partial charge on any atom is -0.497 e. The highest BCUT2D eigenvalue weighted by Crippen LogP contribution is 2.59. The Morgan fingerprint density at radius 2 is 1.73 bits per heavy atom. The number of nitrogens with zero attached hydrogens (tertiary/aromatic N) is 2. The maximum atomic E-state index is 16.6. The fourth-order valence-electron chi connectivity index (χ4n) is 10.0. The largest absolute Gasteiger partial charge is 0.497 e. The number of halogens is 1. The average Bonchev–Trinajstić information content (AvgIpc) is 3.66. The van der Waals surface area contributed by atoms with E-state index in [1.165, 1.54) is 36.0 Å². The summed E-state index contributed by atoms with van der Waals surface area (Å²) in [7, 11) is -2.77. The van der Waals surface area contributed by atoms with Crippen LogP contribution in [0.3, 0.4) is 0 Å². The Bertz CT molecular complexity index is 2380. The summed E-state index contributed by atoms with van der Waals surface area (Å²) in [5, 5.41) is 6.18. The minimum absolute atomic E-state index is 0.00729. The van der Waals surface area contributed by atoms with E-state index in [1.807, 2.05) is 24.0 Å². The number of fused-ring (bicyclic) bond motifs is 2. The van der Waals surface area contributed by atoms with Crippen LogP contribution < -0.4 is 19.7 Å².